The van der Waals surface area contributed by atoms with Gasteiger partial charge in [-0.2, -0.15) is 0 Å². The molecule has 26 heavy (non-hydrogen) atoms. The van der Waals surface area contributed by atoms with Crippen LogP contribution in [0.5, 0.6) is 11.5 Å². The van der Waals surface area contributed by atoms with Crippen LogP contribution in [0.4, 0.5) is 4.39 Å². The lowest BCUT2D eigenvalue weighted by Crippen LogP contribution is -2.43. The number of carbonyl (C=O) groups excluding carboxylic acids is 1. The Labute approximate surface area is 154 Å². The summed E-state index contributed by atoms with van der Waals surface area (Å²) < 4.78 is 25.9. The highest BCUT2D eigenvalue weighted by molar-refractivity contribution is 5.91. The number of esters is 1. The van der Waals surface area contributed by atoms with Crippen LogP contribution in [0.1, 0.15) is 56.3 Å². The first-order valence-electron chi connectivity index (χ1n) is 9.26. The monoisotopic (exact) mass is 356 g/mol. The van der Waals surface area contributed by atoms with Gasteiger partial charge in [-0.25, -0.2) is 9.18 Å². The molecule has 0 aromatic heterocycles. The van der Waals surface area contributed by atoms with Gasteiger partial charge in [-0.1, -0.05) is 38.5 Å². The summed E-state index contributed by atoms with van der Waals surface area (Å²) in [4.78, 5) is 12.4. The molecule has 0 saturated heterocycles. The second-order valence-corrected chi connectivity index (χ2v) is 7.23. The van der Waals surface area contributed by atoms with Crippen molar-refractivity contribution in [3.05, 3.63) is 59.9 Å². The molecule has 0 heterocycles. The normalized spacial score (nSPS) is 16.3. The van der Waals surface area contributed by atoms with Gasteiger partial charge in [0, 0.05) is 0 Å². The van der Waals surface area contributed by atoms with Crippen molar-refractivity contribution in [2.45, 2.75) is 51.6 Å². The van der Waals surface area contributed by atoms with Crippen LogP contribution in [0.15, 0.2) is 48.5 Å². The SMILES string of the molecule is CC(C)C1(Oc2cc(C(=O)Oc3ccccc3)ccc2F)CCCCC1. The zero-order valence-corrected chi connectivity index (χ0v) is 15.3. The molecule has 3 nitrogen and oxygen atoms in total. The number of hydrogen-bond donors (Lipinski definition) is 0. The number of rotatable bonds is 5. The molecular formula is C22H25FO3. The van der Waals surface area contributed by atoms with E-state index in [1.54, 1.807) is 24.3 Å². The van der Waals surface area contributed by atoms with Crippen LogP contribution in [0, 0.1) is 11.7 Å². The third kappa shape index (κ3) is 4.06. The van der Waals surface area contributed by atoms with E-state index in [4.69, 9.17) is 9.47 Å². The third-order valence-electron chi connectivity index (χ3n) is 5.19. The van der Waals surface area contributed by atoms with Gasteiger partial charge in [0.15, 0.2) is 11.6 Å². The summed E-state index contributed by atoms with van der Waals surface area (Å²) in [6.45, 7) is 4.22. The number of benzene rings is 2. The van der Waals surface area contributed by atoms with E-state index in [0.29, 0.717) is 5.75 Å². The van der Waals surface area contributed by atoms with Crippen molar-refractivity contribution < 1.29 is 18.7 Å². The van der Waals surface area contributed by atoms with E-state index in [1.165, 1.54) is 24.6 Å². The van der Waals surface area contributed by atoms with Gasteiger partial charge in [0.1, 0.15) is 11.4 Å². The zero-order valence-electron chi connectivity index (χ0n) is 15.3. The fraction of sp³-hybridized carbons (Fsp3) is 0.409. The Balaban J connectivity index is 1.82. The second-order valence-electron chi connectivity index (χ2n) is 7.23. The summed E-state index contributed by atoms with van der Waals surface area (Å²) in [7, 11) is 0. The van der Waals surface area contributed by atoms with E-state index >= 15 is 0 Å². The van der Waals surface area contributed by atoms with Gasteiger partial charge < -0.3 is 9.47 Å². The first kappa shape index (κ1) is 18.4. The van der Waals surface area contributed by atoms with Crippen LogP contribution in [-0.2, 0) is 0 Å². The predicted octanol–water partition coefficient (Wildman–Crippen LogP) is 5.78. The van der Waals surface area contributed by atoms with Crippen molar-refractivity contribution in [2.24, 2.45) is 5.92 Å². The summed E-state index contributed by atoms with van der Waals surface area (Å²) in [5.74, 6) is -0.129. The molecule has 0 aliphatic heterocycles. The number of hydrogen-bond acceptors (Lipinski definition) is 3. The lowest BCUT2D eigenvalue weighted by Gasteiger charge is -2.41. The maximum Gasteiger partial charge on any atom is 0.343 e. The topological polar surface area (TPSA) is 35.5 Å². The van der Waals surface area contributed by atoms with Crippen molar-refractivity contribution in [2.75, 3.05) is 0 Å². The summed E-state index contributed by atoms with van der Waals surface area (Å²) >= 11 is 0. The van der Waals surface area contributed by atoms with Gasteiger partial charge in [0.05, 0.1) is 5.56 Å². The number of para-hydroxylation sites is 1. The van der Waals surface area contributed by atoms with Crippen LogP contribution in [0.2, 0.25) is 0 Å². The number of carbonyl (C=O) groups is 1. The molecule has 2 aromatic carbocycles. The van der Waals surface area contributed by atoms with E-state index in [2.05, 4.69) is 13.8 Å². The summed E-state index contributed by atoms with van der Waals surface area (Å²) in [6, 6.07) is 13.0. The van der Waals surface area contributed by atoms with Crippen LogP contribution < -0.4 is 9.47 Å². The molecule has 0 spiro atoms. The molecular weight excluding hydrogens is 331 g/mol. The standard InChI is InChI=1S/C22H25FO3/c1-16(2)22(13-7-4-8-14-22)26-20-15-17(11-12-19(20)23)21(24)25-18-9-5-3-6-10-18/h3,5-6,9-12,15-16H,4,7-8,13-14H2,1-2H3. The number of ether oxygens (including phenoxy) is 2. The van der Waals surface area contributed by atoms with E-state index in [0.717, 1.165) is 25.7 Å². The molecule has 0 atom stereocenters. The molecule has 0 radical (unpaired) electrons. The van der Waals surface area contributed by atoms with Gasteiger partial charge in [-0.15, -0.1) is 0 Å². The highest BCUT2D eigenvalue weighted by Crippen LogP contribution is 2.39. The molecule has 0 unspecified atom stereocenters. The molecule has 0 bridgehead atoms. The molecule has 2 aromatic rings. The van der Waals surface area contributed by atoms with Crippen molar-refractivity contribution in [3.8, 4) is 11.5 Å². The van der Waals surface area contributed by atoms with Crippen LogP contribution in [0.3, 0.4) is 0 Å². The summed E-state index contributed by atoms with van der Waals surface area (Å²) in [6.07, 6.45) is 5.15. The van der Waals surface area contributed by atoms with Crippen LogP contribution in [0.25, 0.3) is 0 Å². The summed E-state index contributed by atoms with van der Waals surface area (Å²) in [5, 5.41) is 0. The van der Waals surface area contributed by atoms with Gasteiger partial charge in [-0.3, -0.25) is 0 Å². The lowest BCUT2D eigenvalue weighted by molar-refractivity contribution is -0.0149. The van der Waals surface area contributed by atoms with Gasteiger partial charge in [0.2, 0.25) is 0 Å². The fourth-order valence-corrected chi connectivity index (χ4v) is 3.53. The minimum Gasteiger partial charge on any atom is -0.484 e. The van der Waals surface area contributed by atoms with Crippen LogP contribution in [-0.4, -0.2) is 11.6 Å². The zero-order chi connectivity index (χ0) is 18.6. The quantitative estimate of drug-likeness (QED) is 0.503. The largest absolute Gasteiger partial charge is 0.484 e. The van der Waals surface area contributed by atoms with Gasteiger partial charge in [-0.05, 0) is 61.9 Å². The third-order valence-corrected chi connectivity index (χ3v) is 5.19. The van der Waals surface area contributed by atoms with Crippen LogP contribution >= 0.6 is 0 Å². The van der Waals surface area contributed by atoms with E-state index in [1.807, 2.05) is 6.07 Å². The summed E-state index contributed by atoms with van der Waals surface area (Å²) in [5.41, 5.74) is -0.0962. The van der Waals surface area contributed by atoms with Gasteiger partial charge in [0.25, 0.3) is 0 Å². The number of halogens is 1. The maximum absolute atomic E-state index is 14.4. The van der Waals surface area contributed by atoms with Crippen molar-refractivity contribution in [3.63, 3.8) is 0 Å². The maximum atomic E-state index is 14.4. The van der Waals surface area contributed by atoms with Crippen molar-refractivity contribution in [1.82, 2.24) is 0 Å². The molecule has 0 amide bonds. The predicted molar refractivity (Wildman–Crippen MR) is 99.1 cm³/mol. The Hall–Kier alpha value is -2.36. The average molecular weight is 356 g/mol. The Morgan fingerprint density at radius 2 is 1.73 bits per heavy atom. The molecule has 1 saturated carbocycles. The average Bonchev–Trinajstić information content (AvgIpc) is 2.65. The molecule has 4 heteroatoms. The molecule has 1 fully saturated rings. The van der Waals surface area contributed by atoms with E-state index in [9.17, 15) is 9.18 Å². The Bertz CT molecular complexity index is 749. The highest BCUT2D eigenvalue weighted by atomic mass is 19.1. The van der Waals surface area contributed by atoms with Crippen molar-refractivity contribution >= 4 is 5.97 Å². The Morgan fingerprint density at radius 3 is 2.38 bits per heavy atom. The second kappa shape index (κ2) is 7.90. The Morgan fingerprint density at radius 1 is 1.04 bits per heavy atom. The molecule has 138 valence electrons. The minimum absolute atomic E-state index is 0.128. The minimum atomic E-state index is -0.525. The first-order valence-corrected chi connectivity index (χ1v) is 9.26. The first-order chi connectivity index (χ1) is 12.5. The highest BCUT2D eigenvalue weighted by Gasteiger charge is 2.38. The molecule has 1 aliphatic carbocycles. The molecule has 0 N–H and O–H groups in total. The molecule has 3 rings (SSSR count). The lowest BCUT2D eigenvalue weighted by atomic mass is 9.77. The van der Waals surface area contributed by atoms with E-state index < -0.39 is 11.8 Å². The molecule has 1 aliphatic rings. The fourth-order valence-electron chi connectivity index (χ4n) is 3.53. The van der Waals surface area contributed by atoms with E-state index in [-0.39, 0.29) is 22.8 Å². The Kier molecular flexibility index (Phi) is 5.60. The van der Waals surface area contributed by atoms with Gasteiger partial charge >= 0.3 is 5.97 Å². The smallest absolute Gasteiger partial charge is 0.343 e. The van der Waals surface area contributed by atoms with Crippen molar-refractivity contribution in [1.29, 1.82) is 0 Å².